The van der Waals surface area contributed by atoms with Crippen molar-refractivity contribution in [3.05, 3.63) is 63.5 Å². The Morgan fingerprint density at radius 1 is 1.28 bits per heavy atom. The van der Waals surface area contributed by atoms with Gasteiger partial charge >= 0.3 is 5.97 Å². The summed E-state index contributed by atoms with van der Waals surface area (Å²) in [6.07, 6.45) is 4.60. The number of ether oxygens (including phenoxy) is 3. The zero-order valence-corrected chi connectivity index (χ0v) is 17.3. The van der Waals surface area contributed by atoms with Crippen LogP contribution in [0.15, 0.2) is 46.7 Å². The zero-order chi connectivity index (χ0) is 20.8. The van der Waals surface area contributed by atoms with Crippen LogP contribution >= 0.6 is 11.3 Å². The minimum Gasteiger partial charge on any atom is -0.493 e. The first-order chi connectivity index (χ1) is 14.0. The van der Waals surface area contributed by atoms with E-state index in [1.165, 1.54) is 27.9 Å². The number of hydrogen-bond acceptors (Lipinski definition) is 7. The maximum Gasteiger partial charge on any atom is 0.331 e. The predicted octanol–water partition coefficient (Wildman–Crippen LogP) is 3.56. The summed E-state index contributed by atoms with van der Waals surface area (Å²) in [5.74, 6) is 1.12. The summed E-state index contributed by atoms with van der Waals surface area (Å²) in [6, 6.07) is 6.78. The van der Waals surface area contributed by atoms with Gasteiger partial charge in [0.2, 0.25) is 0 Å². The first-order valence-electron chi connectivity index (χ1n) is 9.07. The van der Waals surface area contributed by atoms with Crippen LogP contribution in [0.3, 0.4) is 0 Å². The Balaban J connectivity index is 1.61. The van der Waals surface area contributed by atoms with Crippen LogP contribution in [-0.2, 0) is 16.1 Å². The SMILES string of the molecule is COc1cc(/C=C/C(=O)OCc2cc(=O)n3ccsc3n2)ccc1OCC(C)C. The van der Waals surface area contributed by atoms with Gasteiger partial charge in [0.1, 0.15) is 6.61 Å². The molecule has 2 heterocycles. The van der Waals surface area contributed by atoms with Crippen molar-refractivity contribution < 1.29 is 19.0 Å². The molecular formula is C21H22N2O5S. The standard InChI is InChI=1S/C21H22N2O5S/c1-14(2)12-27-17-6-4-15(10-18(17)26-3)5-7-20(25)28-13-16-11-19(24)23-8-9-29-21(23)22-16/h4-11,14H,12-13H2,1-3H3/b7-5+. The molecule has 1 aromatic carbocycles. The molecule has 0 radical (unpaired) electrons. The Hall–Kier alpha value is -3.13. The quantitative estimate of drug-likeness (QED) is 0.414. The number of nitrogens with zero attached hydrogens (tertiary/aromatic N) is 2. The molecule has 3 aromatic rings. The lowest BCUT2D eigenvalue weighted by Crippen LogP contribution is -2.14. The van der Waals surface area contributed by atoms with Crippen molar-refractivity contribution >= 4 is 28.3 Å². The maximum atomic E-state index is 12.0. The number of methoxy groups -OCH3 is 1. The van der Waals surface area contributed by atoms with E-state index in [4.69, 9.17) is 14.2 Å². The second-order valence-electron chi connectivity index (χ2n) is 6.70. The second-order valence-corrected chi connectivity index (χ2v) is 7.57. The van der Waals surface area contributed by atoms with Gasteiger partial charge in [-0.2, -0.15) is 0 Å². The molecule has 0 atom stereocenters. The number of hydrogen-bond donors (Lipinski definition) is 0. The number of carbonyl (C=O) groups is 1. The summed E-state index contributed by atoms with van der Waals surface area (Å²) in [7, 11) is 1.57. The van der Waals surface area contributed by atoms with Gasteiger partial charge in [-0.1, -0.05) is 19.9 Å². The van der Waals surface area contributed by atoms with E-state index < -0.39 is 5.97 Å². The first-order valence-corrected chi connectivity index (χ1v) is 9.95. The Bertz CT molecular complexity index is 1080. The molecule has 0 saturated carbocycles. The molecule has 0 bridgehead atoms. The van der Waals surface area contributed by atoms with Crippen LogP contribution in [0.5, 0.6) is 11.5 Å². The molecule has 0 N–H and O–H groups in total. The highest BCUT2D eigenvalue weighted by Crippen LogP contribution is 2.29. The molecular weight excluding hydrogens is 392 g/mol. The molecule has 3 rings (SSSR count). The fraction of sp³-hybridized carbons (Fsp3) is 0.286. The Labute approximate surface area is 172 Å². The highest BCUT2D eigenvalue weighted by molar-refractivity contribution is 7.15. The summed E-state index contributed by atoms with van der Waals surface area (Å²) < 4.78 is 17.7. The van der Waals surface area contributed by atoms with Gasteiger partial charge in [-0.25, -0.2) is 9.78 Å². The van der Waals surface area contributed by atoms with Crippen LogP contribution in [0, 0.1) is 5.92 Å². The van der Waals surface area contributed by atoms with E-state index in [9.17, 15) is 9.59 Å². The van der Waals surface area contributed by atoms with E-state index in [0.29, 0.717) is 34.7 Å². The highest BCUT2D eigenvalue weighted by Gasteiger charge is 2.08. The Morgan fingerprint density at radius 2 is 2.10 bits per heavy atom. The third-order valence-corrected chi connectivity index (χ3v) is 4.65. The lowest BCUT2D eigenvalue weighted by molar-refractivity contribution is -0.139. The molecule has 0 saturated heterocycles. The van der Waals surface area contributed by atoms with Crippen LogP contribution < -0.4 is 15.0 Å². The average Bonchev–Trinajstić information content (AvgIpc) is 3.18. The van der Waals surface area contributed by atoms with Crippen LogP contribution in [0.4, 0.5) is 0 Å². The molecule has 8 heteroatoms. The molecule has 0 spiro atoms. The molecule has 0 aliphatic rings. The number of esters is 1. The first kappa shape index (κ1) is 20.6. The normalized spacial score (nSPS) is 11.3. The van der Waals surface area contributed by atoms with Crippen LogP contribution in [0.2, 0.25) is 0 Å². The minimum absolute atomic E-state index is 0.0713. The number of benzene rings is 1. The van der Waals surface area contributed by atoms with Crippen molar-refractivity contribution in [1.82, 2.24) is 9.38 Å². The van der Waals surface area contributed by atoms with Crippen molar-refractivity contribution in [1.29, 1.82) is 0 Å². The summed E-state index contributed by atoms with van der Waals surface area (Å²) in [4.78, 5) is 28.8. The fourth-order valence-corrected chi connectivity index (χ4v) is 3.22. The number of fused-ring (bicyclic) bond motifs is 1. The highest BCUT2D eigenvalue weighted by atomic mass is 32.1. The number of rotatable bonds is 8. The van der Waals surface area contributed by atoms with Gasteiger partial charge in [-0.15, -0.1) is 11.3 Å². The molecule has 0 unspecified atom stereocenters. The van der Waals surface area contributed by atoms with E-state index in [0.717, 1.165) is 5.56 Å². The monoisotopic (exact) mass is 414 g/mol. The molecule has 0 aliphatic carbocycles. The summed E-state index contributed by atoms with van der Waals surface area (Å²) in [6.45, 7) is 4.66. The maximum absolute atomic E-state index is 12.0. The predicted molar refractivity (Wildman–Crippen MR) is 111 cm³/mol. The van der Waals surface area contributed by atoms with Gasteiger partial charge in [0.25, 0.3) is 5.56 Å². The van der Waals surface area contributed by atoms with E-state index >= 15 is 0 Å². The molecule has 7 nitrogen and oxygen atoms in total. The molecule has 29 heavy (non-hydrogen) atoms. The number of carbonyl (C=O) groups excluding carboxylic acids is 1. The van der Waals surface area contributed by atoms with Gasteiger partial charge in [0, 0.05) is 23.7 Å². The zero-order valence-electron chi connectivity index (χ0n) is 16.5. The van der Waals surface area contributed by atoms with Gasteiger partial charge in [-0.3, -0.25) is 9.20 Å². The van der Waals surface area contributed by atoms with Gasteiger partial charge in [0.15, 0.2) is 16.5 Å². The van der Waals surface area contributed by atoms with Crippen LogP contribution in [0.25, 0.3) is 11.0 Å². The molecule has 0 aliphatic heterocycles. The summed E-state index contributed by atoms with van der Waals surface area (Å²) >= 11 is 1.34. The summed E-state index contributed by atoms with van der Waals surface area (Å²) in [5.41, 5.74) is 0.976. The van der Waals surface area contributed by atoms with Crippen molar-refractivity contribution in [3.63, 3.8) is 0 Å². The van der Waals surface area contributed by atoms with E-state index in [1.54, 1.807) is 36.9 Å². The molecule has 0 amide bonds. The van der Waals surface area contributed by atoms with Gasteiger partial charge in [-0.05, 0) is 29.7 Å². The largest absolute Gasteiger partial charge is 0.493 e. The van der Waals surface area contributed by atoms with Gasteiger partial charge in [0.05, 0.1) is 19.4 Å². The van der Waals surface area contributed by atoms with E-state index in [2.05, 4.69) is 18.8 Å². The van der Waals surface area contributed by atoms with Crippen molar-refractivity contribution in [2.75, 3.05) is 13.7 Å². The van der Waals surface area contributed by atoms with Crippen LogP contribution in [0.1, 0.15) is 25.1 Å². The Morgan fingerprint density at radius 3 is 2.86 bits per heavy atom. The van der Waals surface area contributed by atoms with Crippen LogP contribution in [-0.4, -0.2) is 29.1 Å². The lowest BCUT2D eigenvalue weighted by Gasteiger charge is -2.12. The van der Waals surface area contributed by atoms with Crippen molar-refractivity contribution in [2.24, 2.45) is 5.92 Å². The summed E-state index contributed by atoms with van der Waals surface area (Å²) in [5, 5.41) is 1.77. The molecule has 2 aromatic heterocycles. The second kappa shape index (κ2) is 9.38. The fourth-order valence-electron chi connectivity index (χ4n) is 2.48. The number of aromatic nitrogens is 2. The minimum atomic E-state index is -0.530. The van der Waals surface area contributed by atoms with E-state index in [-0.39, 0.29) is 12.2 Å². The Kier molecular flexibility index (Phi) is 6.66. The third kappa shape index (κ3) is 5.45. The molecule has 152 valence electrons. The van der Waals surface area contributed by atoms with Crippen molar-refractivity contribution in [3.8, 4) is 11.5 Å². The third-order valence-electron chi connectivity index (χ3n) is 3.89. The lowest BCUT2D eigenvalue weighted by atomic mass is 10.2. The topological polar surface area (TPSA) is 79.1 Å². The smallest absolute Gasteiger partial charge is 0.331 e. The average molecular weight is 414 g/mol. The van der Waals surface area contributed by atoms with E-state index in [1.807, 2.05) is 6.07 Å². The number of thiazole rings is 1. The van der Waals surface area contributed by atoms with Gasteiger partial charge < -0.3 is 14.2 Å². The molecule has 0 fully saturated rings. The van der Waals surface area contributed by atoms with Crippen molar-refractivity contribution in [2.45, 2.75) is 20.5 Å².